The Morgan fingerprint density at radius 1 is 1.29 bits per heavy atom. The van der Waals surface area contributed by atoms with Crippen molar-refractivity contribution < 1.29 is 18.0 Å². The lowest BCUT2D eigenvalue weighted by Gasteiger charge is -2.23. The standard InChI is InChI=1S/C15H21F3N2O/c1-3-7-20(8-6-19-2)10-13-5-4-12(11-21)9-14(13)15(16,17)18/h4-5,9,11,19H,3,6-8,10H2,1-2H3. The summed E-state index contributed by atoms with van der Waals surface area (Å²) in [4.78, 5) is 12.7. The Labute approximate surface area is 123 Å². The molecule has 0 radical (unpaired) electrons. The number of halogens is 3. The van der Waals surface area contributed by atoms with E-state index in [-0.39, 0.29) is 17.7 Å². The Balaban J connectivity index is 3.01. The quantitative estimate of drug-likeness (QED) is 0.749. The van der Waals surface area contributed by atoms with Gasteiger partial charge in [0.1, 0.15) is 6.29 Å². The van der Waals surface area contributed by atoms with E-state index in [0.29, 0.717) is 19.4 Å². The number of rotatable bonds is 8. The lowest BCUT2D eigenvalue weighted by atomic mass is 10.0. The van der Waals surface area contributed by atoms with Crippen LogP contribution in [0.25, 0.3) is 0 Å². The molecule has 0 bridgehead atoms. The van der Waals surface area contributed by atoms with Crippen LogP contribution >= 0.6 is 0 Å². The van der Waals surface area contributed by atoms with Gasteiger partial charge in [-0.1, -0.05) is 19.1 Å². The predicted octanol–water partition coefficient (Wildman–Crippen LogP) is 2.95. The number of aldehydes is 1. The predicted molar refractivity (Wildman–Crippen MR) is 76.3 cm³/mol. The van der Waals surface area contributed by atoms with Crippen LogP contribution in [-0.2, 0) is 12.7 Å². The largest absolute Gasteiger partial charge is 0.416 e. The van der Waals surface area contributed by atoms with E-state index in [4.69, 9.17) is 0 Å². The van der Waals surface area contributed by atoms with Crippen LogP contribution in [0.4, 0.5) is 13.2 Å². The van der Waals surface area contributed by atoms with E-state index in [1.807, 2.05) is 18.9 Å². The van der Waals surface area contributed by atoms with Crippen LogP contribution in [0.15, 0.2) is 18.2 Å². The molecule has 118 valence electrons. The molecule has 0 saturated heterocycles. The molecule has 6 heteroatoms. The first-order valence-corrected chi connectivity index (χ1v) is 6.94. The Bertz CT molecular complexity index is 461. The summed E-state index contributed by atoms with van der Waals surface area (Å²) in [6.07, 6.45) is -3.14. The number of carbonyl (C=O) groups is 1. The number of alkyl halides is 3. The minimum absolute atomic E-state index is 0.0448. The van der Waals surface area contributed by atoms with Crippen LogP contribution < -0.4 is 5.32 Å². The first kappa shape index (κ1) is 17.7. The van der Waals surface area contributed by atoms with Crippen molar-refractivity contribution in [1.82, 2.24) is 10.2 Å². The van der Waals surface area contributed by atoms with E-state index < -0.39 is 11.7 Å². The summed E-state index contributed by atoms with van der Waals surface area (Å²) in [7, 11) is 1.81. The summed E-state index contributed by atoms with van der Waals surface area (Å²) in [6, 6.07) is 3.75. The van der Waals surface area contributed by atoms with Crippen molar-refractivity contribution in [2.24, 2.45) is 0 Å². The zero-order valence-corrected chi connectivity index (χ0v) is 12.3. The third kappa shape index (κ3) is 5.47. The lowest BCUT2D eigenvalue weighted by molar-refractivity contribution is -0.138. The maximum Gasteiger partial charge on any atom is 0.416 e. The van der Waals surface area contributed by atoms with Gasteiger partial charge in [-0.25, -0.2) is 0 Å². The molecule has 1 rings (SSSR count). The number of carbonyl (C=O) groups excluding carboxylic acids is 1. The molecule has 0 heterocycles. The molecule has 21 heavy (non-hydrogen) atoms. The highest BCUT2D eigenvalue weighted by molar-refractivity contribution is 5.75. The fourth-order valence-corrected chi connectivity index (χ4v) is 2.17. The maximum atomic E-state index is 13.1. The number of likely N-dealkylation sites (N-methyl/N-ethyl adjacent to an activating group) is 1. The van der Waals surface area contributed by atoms with Crippen LogP contribution in [0.1, 0.15) is 34.8 Å². The minimum atomic E-state index is -4.45. The Morgan fingerprint density at radius 2 is 2.00 bits per heavy atom. The fraction of sp³-hybridized carbons (Fsp3) is 0.533. The van der Waals surface area contributed by atoms with Crippen LogP contribution in [0.5, 0.6) is 0 Å². The average Bonchev–Trinajstić information content (AvgIpc) is 2.44. The Hall–Kier alpha value is -1.40. The third-order valence-electron chi connectivity index (χ3n) is 3.19. The monoisotopic (exact) mass is 302 g/mol. The molecule has 1 N–H and O–H groups in total. The molecule has 0 spiro atoms. The molecular formula is C15H21F3N2O. The highest BCUT2D eigenvalue weighted by atomic mass is 19.4. The van der Waals surface area contributed by atoms with Gasteiger partial charge in [0.05, 0.1) is 5.56 Å². The zero-order valence-electron chi connectivity index (χ0n) is 12.3. The van der Waals surface area contributed by atoms with Crippen molar-refractivity contribution in [3.8, 4) is 0 Å². The normalized spacial score (nSPS) is 11.9. The van der Waals surface area contributed by atoms with E-state index in [9.17, 15) is 18.0 Å². The van der Waals surface area contributed by atoms with Crippen molar-refractivity contribution in [3.63, 3.8) is 0 Å². The van der Waals surface area contributed by atoms with E-state index in [1.165, 1.54) is 12.1 Å². The molecular weight excluding hydrogens is 281 g/mol. The van der Waals surface area contributed by atoms with Gasteiger partial charge >= 0.3 is 6.18 Å². The second-order valence-corrected chi connectivity index (χ2v) is 4.91. The second-order valence-electron chi connectivity index (χ2n) is 4.91. The Morgan fingerprint density at radius 3 is 2.52 bits per heavy atom. The van der Waals surface area contributed by atoms with Crippen molar-refractivity contribution in [2.45, 2.75) is 26.1 Å². The van der Waals surface area contributed by atoms with Crippen molar-refractivity contribution >= 4 is 6.29 Å². The molecule has 1 aromatic rings. The summed E-state index contributed by atoms with van der Waals surface area (Å²) in [5.74, 6) is 0. The fourth-order valence-electron chi connectivity index (χ4n) is 2.17. The van der Waals surface area contributed by atoms with Crippen LogP contribution in [0.2, 0.25) is 0 Å². The number of nitrogens with one attached hydrogen (secondary N) is 1. The summed E-state index contributed by atoms with van der Waals surface area (Å²) >= 11 is 0. The van der Waals surface area contributed by atoms with Gasteiger partial charge in [-0.3, -0.25) is 9.69 Å². The molecule has 0 saturated carbocycles. The number of nitrogens with zero attached hydrogens (tertiary/aromatic N) is 1. The van der Waals surface area contributed by atoms with Gasteiger partial charge in [0, 0.05) is 25.2 Å². The highest BCUT2D eigenvalue weighted by Gasteiger charge is 2.33. The van der Waals surface area contributed by atoms with Crippen LogP contribution in [-0.4, -0.2) is 37.9 Å². The van der Waals surface area contributed by atoms with Gasteiger partial charge in [-0.05, 0) is 31.6 Å². The highest BCUT2D eigenvalue weighted by Crippen LogP contribution is 2.33. The molecule has 0 fully saturated rings. The van der Waals surface area contributed by atoms with E-state index in [1.54, 1.807) is 0 Å². The van der Waals surface area contributed by atoms with Crippen molar-refractivity contribution in [1.29, 1.82) is 0 Å². The number of benzene rings is 1. The smallest absolute Gasteiger partial charge is 0.318 e. The van der Waals surface area contributed by atoms with Gasteiger partial charge < -0.3 is 5.32 Å². The van der Waals surface area contributed by atoms with Crippen LogP contribution in [0.3, 0.4) is 0 Å². The molecule has 0 aliphatic heterocycles. The molecule has 0 unspecified atom stereocenters. The van der Waals surface area contributed by atoms with E-state index >= 15 is 0 Å². The second kappa shape index (κ2) is 8.14. The summed E-state index contributed by atoms with van der Waals surface area (Å²) in [6.45, 7) is 4.34. The molecule has 0 amide bonds. The van der Waals surface area contributed by atoms with Gasteiger partial charge in [-0.2, -0.15) is 13.2 Å². The zero-order chi connectivity index (χ0) is 15.9. The number of hydrogen-bond donors (Lipinski definition) is 1. The van der Waals surface area contributed by atoms with E-state index in [0.717, 1.165) is 19.0 Å². The molecule has 0 atom stereocenters. The topological polar surface area (TPSA) is 32.3 Å². The Kier molecular flexibility index (Phi) is 6.84. The van der Waals surface area contributed by atoms with Crippen molar-refractivity contribution in [3.05, 3.63) is 34.9 Å². The summed E-state index contributed by atoms with van der Waals surface area (Å²) < 4.78 is 39.3. The number of hydrogen-bond acceptors (Lipinski definition) is 3. The molecule has 1 aromatic carbocycles. The molecule has 0 aromatic heterocycles. The summed E-state index contributed by atoms with van der Waals surface area (Å²) in [5, 5.41) is 3.00. The molecule has 0 aliphatic rings. The SMILES string of the molecule is CCCN(CCNC)Cc1ccc(C=O)cc1C(F)(F)F. The van der Waals surface area contributed by atoms with Gasteiger partial charge in [0.25, 0.3) is 0 Å². The average molecular weight is 302 g/mol. The lowest BCUT2D eigenvalue weighted by Crippen LogP contribution is -2.32. The molecule has 3 nitrogen and oxygen atoms in total. The third-order valence-corrected chi connectivity index (χ3v) is 3.19. The van der Waals surface area contributed by atoms with Gasteiger partial charge in [-0.15, -0.1) is 0 Å². The minimum Gasteiger partial charge on any atom is -0.318 e. The first-order valence-electron chi connectivity index (χ1n) is 6.94. The van der Waals surface area contributed by atoms with Gasteiger partial charge in [0.15, 0.2) is 0 Å². The van der Waals surface area contributed by atoms with Crippen LogP contribution in [0, 0.1) is 0 Å². The first-order chi connectivity index (χ1) is 9.92. The van der Waals surface area contributed by atoms with E-state index in [2.05, 4.69) is 5.32 Å². The maximum absolute atomic E-state index is 13.1. The molecule has 0 aliphatic carbocycles. The van der Waals surface area contributed by atoms with Gasteiger partial charge in [0.2, 0.25) is 0 Å². The van der Waals surface area contributed by atoms with Crippen molar-refractivity contribution in [2.75, 3.05) is 26.7 Å². The summed E-state index contributed by atoms with van der Waals surface area (Å²) in [5.41, 5.74) is -0.473.